The quantitative estimate of drug-likeness (QED) is 0.131. The molecule has 0 aliphatic carbocycles. The second-order valence-corrected chi connectivity index (χ2v) is 15.0. The Hall–Kier alpha value is -7.01. The van der Waals surface area contributed by atoms with Gasteiger partial charge in [0.1, 0.15) is 0 Å². The molecule has 0 saturated heterocycles. The molecule has 4 heteroatoms. The van der Waals surface area contributed by atoms with Gasteiger partial charge in [0.15, 0.2) is 17.5 Å². The molecular formula is C51H31N3S. The molecule has 0 spiro atoms. The maximum absolute atomic E-state index is 5.26. The number of thiophene rings is 1. The van der Waals surface area contributed by atoms with Crippen LogP contribution in [0.15, 0.2) is 188 Å². The lowest BCUT2D eigenvalue weighted by Crippen LogP contribution is -2.01. The highest BCUT2D eigenvalue weighted by molar-refractivity contribution is 7.26. The molecule has 3 nitrogen and oxygen atoms in total. The molecule has 55 heavy (non-hydrogen) atoms. The number of fused-ring (bicyclic) bond motifs is 7. The normalized spacial score (nSPS) is 11.6. The Balaban J connectivity index is 1.10. The first-order valence-corrected chi connectivity index (χ1v) is 19.3. The van der Waals surface area contributed by atoms with Gasteiger partial charge < -0.3 is 0 Å². The number of aromatic nitrogens is 3. The number of hydrogen-bond donors (Lipinski definition) is 0. The summed E-state index contributed by atoms with van der Waals surface area (Å²) in [5, 5.41) is 9.89. The van der Waals surface area contributed by atoms with E-state index in [0.29, 0.717) is 17.5 Å². The van der Waals surface area contributed by atoms with E-state index in [9.17, 15) is 0 Å². The number of benzene rings is 9. The van der Waals surface area contributed by atoms with E-state index in [1.54, 1.807) is 0 Å². The van der Waals surface area contributed by atoms with Crippen LogP contribution in [0, 0.1) is 0 Å². The van der Waals surface area contributed by atoms with Crippen LogP contribution in [0.4, 0.5) is 0 Å². The standard InChI is InChI=1S/C51H31N3S/c1-2-14-34(15-3-1)49-52-50(35-27-25-33(26-28-35)39-22-12-23-43-40-19-10-11-24-46(40)55-48(39)43)54-51(53-49)44-21-9-8-20-41(44)47-38-18-7-5-16-36(38)31-45-37-17-6-4-13-32(37)29-30-42(45)47/h1-31H. The largest absolute Gasteiger partial charge is 0.208 e. The van der Waals surface area contributed by atoms with Crippen molar-refractivity contribution in [3.8, 4) is 56.4 Å². The first-order chi connectivity index (χ1) is 27.3. The van der Waals surface area contributed by atoms with Crippen molar-refractivity contribution in [1.82, 2.24) is 15.0 Å². The van der Waals surface area contributed by atoms with Crippen molar-refractivity contribution in [3.63, 3.8) is 0 Å². The summed E-state index contributed by atoms with van der Waals surface area (Å²) in [5.41, 5.74) is 7.50. The van der Waals surface area contributed by atoms with Gasteiger partial charge in [0.2, 0.25) is 0 Å². The van der Waals surface area contributed by atoms with Crippen LogP contribution in [0.1, 0.15) is 0 Å². The summed E-state index contributed by atoms with van der Waals surface area (Å²) in [6.07, 6.45) is 0. The Kier molecular flexibility index (Phi) is 7.35. The van der Waals surface area contributed by atoms with Crippen LogP contribution in [0.5, 0.6) is 0 Å². The molecule has 0 atom stereocenters. The van der Waals surface area contributed by atoms with E-state index in [4.69, 9.17) is 15.0 Å². The number of rotatable bonds is 5. The zero-order valence-corrected chi connectivity index (χ0v) is 30.5. The minimum absolute atomic E-state index is 0.638. The van der Waals surface area contributed by atoms with Crippen LogP contribution in [-0.4, -0.2) is 15.0 Å². The molecule has 0 saturated carbocycles. The van der Waals surface area contributed by atoms with Crippen LogP contribution in [-0.2, 0) is 0 Å². The van der Waals surface area contributed by atoms with Crippen molar-refractivity contribution in [3.05, 3.63) is 188 Å². The van der Waals surface area contributed by atoms with Crippen molar-refractivity contribution in [2.45, 2.75) is 0 Å². The molecule has 0 aliphatic rings. The molecule has 256 valence electrons. The molecule has 0 bridgehead atoms. The monoisotopic (exact) mass is 717 g/mol. The highest BCUT2D eigenvalue weighted by Crippen LogP contribution is 2.43. The van der Waals surface area contributed by atoms with E-state index >= 15 is 0 Å². The summed E-state index contributed by atoms with van der Waals surface area (Å²) in [6.45, 7) is 0. The van der Waals surface area contributed by atoms with Gasteiger partial charge in [-0.05, 0) is 66.7 Å². The van der Waals surface area contributed by atoms with E-state index in [1.165, 1.54) is 69.2 Å². The Morgan fingerprint density at radius 3 is 1.71 bits per heavy atom. The second-order valence-electron chi connectivity index (χ2n) is 13.9. The molecule has 0 amide bonds. The van der Waals surface area contributed by atoms with Gasteiger partial charge in [0.25, 0.3) is 0 Å². The van der Waals surface area contributed by atoms with E-state index in [2.05, 4.69) is 170 Å². The van der Waals surface area contributed by atoms with Gasteiger partial charge in [0, 0.05) is 36.9 Å². The van der Waals surface area contributed by atoms with Crippen molar-refractivity contribution >= 4 is 63.8 Å². The van der Waals surface area contributed by atoms with Gasteiger partial charge in [-0.2, -0.15) is 0 Å². The summed E-state index contributed by atoms with van der Waals surface area (Å²) >= 11 is 1.85. The van der Waals surface area contributed by atoms with Crippen LogP contribution >= 0.6 is 11.3 Å². The highest BCUT2D eigenvalue weighted by Gasteiger charge is 2.20. The van der Waals surface area contributed by atoms with Crippen molar-refractivity contribution in [2.24, 2.45) is 0 Å². The molecule has 0 N–H and O–H groups in total. The topological polar surface area (TPSA) is 38.7 Å². The van der Waals surface area contributed by atoms with Crippen LogP contribution in [0.25, 0.3) is 109 Å². The third kappa shape index (κ3) is 5.30. The zero-order chi connectivity index (χ0) is 36.3. The van der Waals surface area contributed by atoms with E-state index in [-0.39, 0.29) is 0 Å². The first-order valence-electron chi connectivity index (χ1n) is 18.5. The molecule has 11 rings (SSSR count). The minimum atomic E-state index is 0.638. The Morgan fingerprint density at radius 2 is 0.891 bits per heavy atom. The summed E-state index contributed by atoms with van der Waals surface area (Å²) in [7, 11) is 0. The summed E-state index contributed by atoms with van der Waals surface area (Å²) in [5.74, 6) is 1.92. The summed E-state index contributed by atoms with van der Waals surface area (Å²) in [4.78, 5) is 15.5. The van der Waals surface area contributed by atoms with Crippen LogP contribution < -0.4 is 0 Å². The van der Waals surface area contributed by atoms with Crippen LogP contribution in [0.2, 0.25) is 0 Å². The fraction of sp³-hybridized carbons (Fsp3) is 0. The maximum Gasteiger partial charge on any atom is 0.164 e. The average Bonchev–Trinajstić information content (AvgIpc) is 3.65. The van der Waals surface area contributed by atoms with Gasteiger partial charge >= 0.3 is 0 Å². The summed E-state index contributed by atoms with van der Waals surface area (Å²) < 4.78 is 2.61. The zero-order valence-electron chi connectivity index (χ0n) is 29.6. The smallest absolute Gasteiger partial charge is 0.164 e. The molecule has 0 radical (unpaired) electrons. The lowest BCUT2D eigenvalue weighted by atomic mass is 9.88. The first kappa shape index (κ1) is 31.5. The molecule has 9 aromatic carbocycles. The van der Waals surface area contributed by atoms with E-state index < -0.39 is 0 Å². The second kappa shape index (κ2) is 12.8. The Labute approximate surface area is 321 Å². The lowest BCUT2D eigenvalue weighted by Gasteiger charge is -2.17. The van der Waals surface area contributed by atoms with Gasteiger partial charge in [-0.3, -0.25) is 0 Å². The Bertz CT molecular complexity index is 3260. The summed E-state index contributed by atoms with van der Waals surface area (Å²) in [6, 6.07) is 66.8. The SMILES string of the molecule is c1ccc(-c2nc(-c3ccc(-c4cccc5c4sc4ccccc45)cc3)nc(-c3ccccc3-c3c4ccccc4cc4c3ccc3ccccc34)n2)cc1. The van der Waals surface area contributed by atoms with Crippen molar-refractivity contribution < 1.29 is 0 Å². The number of hydrogen-bond acceptors (Lipinski definition) is 4. The van der Waals surface area contributed by atoms with Gasteiger partial charge in [0.05, 0.1) is 0 Å². The fourth-order valence-electron chi connectivity index (χ4n) is 8.12. The molecule has 0 aliphatic heterocycles. The average molecular weight is 718 g/mol. The van der Waals surface area contributed by atoms with Gasteiger partial charge in [-0.15, -0.1) is 11.3 Å². The molecular weight excluding hydrogens is 687 g/mol. The van der Waals surface area contributed by atoms with Gasteiger partial charge in [-0.25, -0.2) is 15.0 Å². The van der Waals surface area contributed by atoms with Crippen LogP contribution in [0.3, 0.4) is 0 Å². The molecule has 0 fully saturated rings. The predicted molar refractivity (Wildman–Crippen MR) is 232 cm³/mol. The van der Waals surface area contributed by atoms with E-state index in [1.807, 2.05) is 29.5 Å². The number of nitrogens with zero attached hydrogens (tertiary/aromatic N) is 3. The molecule has 2 heterocycles. The highest BCUT2D eigenvalue weighted by atomic mass is 32.1. The predicted octanol–water partition coefficient (Wildman–Crippen LogP) is 14.0. The molecule has 11 aromatic rings. The van der Waals surface area contributed by atoms with E-state index in [0.717, 1.165) is 22.3 Å². The fourth-order valence-corrected chi connectivity index (χ4v) is 9.36. The lowest BCUT2D eigenvalue weighted by molar-refractivity contribution is 1.07. The third-order valence-corrected chi connectivity index (χ3v) is 12.0. The molecule has 2 aromatic heterocycles. The maximum atomic E-state index is 5.26. The van der Waals surface area contributed by atoms with Gasteiger partial charge in [-0.1, -0.05) is 176 Å². The van der Waals surface area contributed by atoms with Crippen molar-refractivity contribution in [2.75, 3.05) is 0 Å². The Morgan fingerprint density at radius 1 is 0.309 bits per heavy atom. The molecule has 0 unspecified atom stereocenters. The van der Waals surface area contributed by atoms with Crippen molar-refractivity contribution in [1.29, 1.82) is 0 Å². The third-order valence-electron chi connectivity index (χ3n) is 10.7. The minimum Gasteiger partial charge on any atom is -0.208 e.